The summed E-state index contributed by atoms with van der Waals surface area (Å²) in [6.45, 7) is 0. The molecule has 1 aromatic rings. The first-order chi connectivity index (χ1) is 9.52. The molecule has 0 radical (unpaired) electrons. The topological polar surface area (TPSA) is 82.4 Å². The zero-order chi connectivity index (χ0) is 14.4. The fraction of sp³-hybridized carbons (Fsp3) is 0.385. The Kier molecular flexibility index (Phi) is 3.08. The number of carbonyl (C=O) groups is 1. The van der Waals surface area contributed by atoms with Gasteiger partial charge in [0.2, 0.25) is 0 Å². The SMILES string of the molecule is COc1cc2c(cc1O)N1C(Br)N=C(C(=O)O)C1CC2. The Morgan fingerprint density at radius 3 is 2.95 bits per heavy atom. The number of aryl methyl sites for hydroxylation is 1. The van der Waals surface area contributed by atoms with Crippen LogP contribution in [0.25, 0.3) is 0 Å². The van der Waals surface area contributed by atoms with Crippen molar-refractivity contribution in [2.45, 2.75) is 24.0 Å². The number of anilines is 1. The third kappa shape index (κ3) is 1.84. The Labute approximate surface area is 123 Å². The number of ether oxygens (including phenoxy) is 1. The number of carboxylic acids is 1. The van der Waals surface area contributed by atoms with E-state index in [-0.39, 0.29) is 17.5 Å². The first-order valence-electron chi connectivity index (χ1n) is 6.16. The molecule has 2 atom stereocenters. The highest BCUT2D eigenvalue weighted by atomic mass is 79.9. The largest absolute Gasteiger partial charge is 0.504 e. The van der Waals surface area contributed by atoms with Crippen molar-refractivity contribution in [1.29, 1.82) is 0 Å². The molecule has 2 unspecified atom stereocenters. The molecule has 2 heterocycles. The normalized spacial score (nSPS) is 23.9. The fourth-order valence-electron chi connectivity index (χ4n) is 2.80. The number of rotatable bonds is 2. The Balaban J connectivity index is 2.06. The van der Waals surface area contributed by atoms with Crippen LogP contribution in [-0.4, -0.2) is 40.1 Å². The predicted octanol–water partition coefficient (Wildman–Crippen LogP) is 1.74. The number of aliphatic imine (C=N–C) groups is 1. The molecular formula is C13H13BrN2O4. The summed E-state index contributed by atoms with van der Waals surface area (Å²) in [5.41, 5.74) is 1.97. The molecule has 1 aromatic carbocycles. The Morgan fingerprint density at radius 2 is 2.30 bits per heavy atom. The summed E-state index contributed by atoms with van der Waals surface area (Å²) in [7, 11) is 1.50. The lowest BCUT2D eigenvalue weighted by atomic mass is 9.94. The molecular weight excluding hydrogens is 328 g/mol. The maximum Gasteiger partial charge on any atom is 0.352 e. The quantitative estimate of drug-likeness (QED) is 0.633. The van der Waals surface area contributed by atoms with E-state index in [9.17, 15) is 15.0 Å². The van der Waals surface area contributed by atoms with Crippen LogP contribution in [0.15, 0.2) is 17.1 Å². The van der Waals surface area contributed by atoms with Gasteiger partial charge >= 0.3 is 5.97 Å². The van der Waals surface area contributed by atoms with Gasteiger partial charge in [-0.05, 0) is 40.4 Å². The second-order valence-corrected chi connectivity index (χ2v) is 5.56. The number of methoxy groups -OCH3 is 1. The zero-order valence-electron chi connectivity index (χ0n) is 10.7. The molecule has 6 nitrogen and oxygen atoms in total. The number of alkyl halides is 1. The van der Waals surface area contributed by atoms with E-state index >= 15 is 0 Å². The minimum atomic E-state index is -0.997. The number of carboxylic acid groups (broad SMARTS) is 1. The maximum absolute atomic E-state index is 11.2. The van der Waals surface area contributed by atoms with Crippen LogP contribution in [0.3, 0.4) is 0 Å². The predicted molar refractivity (Wildman–Crippen MR) is 77.0 cm³/mol. The monoisotopic (exact) mass is 340 g/mol. The number of phenolic OH excluding ortho intramolecular Hbond substituents is 1. The average molecular weight is 341 g/mol. The highest BCUT2D eigenvalue weighted by molar-refractivity contribution is 9.09. The minimum Gasteiger partial charge on any atom is -0.504 e. The number of hydrogen-bond donors (Lipinski definition) is 2. The van der Waals surface area contributed by atoms with Gasteiger partial charge in [0.25, 0.3) is 0 Å². The van der Waals surface area contributed by atoms with Gasteiger partial charge in [0.15, 0.2) is 16.6 Å². The molecule has 3 rings (SSSR count). The van der Waals surface area contributed by atoms with Gasteiger partial charge in [-0.25, -0.2) is 9.79 Å². The maximum atomic E-state index is 11.2. The molecule has 7 heteroatoms. The van der Waals surface area contributed by atoms with Crippen molar-refractivity contribution >= 4 is 33.3 Å². The van der Waals surface area contributed by atoms with E-state index in [0.29, 0.717) is 12.2 Å². The van der Waals surface area contributed by atoms with Gasteiger partial charge in [-0.3, -0.25) is 0 Å². The summed E-state index contributed by atoms with van der Waals surface area (Å²) in [5.74, 6) is -0.537. The summed E-state index contributed by atoms with van der Waals surface area (Å²) in [6, 6.07) is 3.13. The van der Waals surface area contributed by atoms with Gasteiger partial charge in [0.05, 0.1) is 13.2 Å². The number of aliphatic carboxylic acids is 1. The van der Waals surface area contributed by atoms with Crippen LogP contribution < -0.4 is 9.64 Å². The number of halogens is 1. The Bertz CT molecular complexity index is 617. The first kappa shape index (κ1) is 13.2. The van der Waals surface area contributed by atoms with Crippen molar-refractivity contribution in [3.63, 3.8) is 0 Å². The molecule has 2 N–H and O–H groups in total. The molecule has 0 saturated heterocycles. The van der Waals surface area contributed by atoms with Crippen molar-refractivity contribution in [3.05, 3.63) is 17.7 Å². The highest BCUT2D eigenvalue weighted by Gasteiger charge is 2.41. The molecule has 0 bridgehead atoms. The number of hydrogen-bond acceptors (Lipinski definition) is 5. The van der Waals surface area contributed by atoms with E-state index in [2.05, 4.69) is 20.9 Å². The van der Waals surface area contributed by atoms with Crippen LogP contribution in [0, 0.1) is 0 Å². The Hall–Kier alpha value is -1.76. The smallest absolute Gasteiger partial charge is 0.352 e. The third-order valence-electron chi connectivity index (χ3n) is 3.69. The van der Waals surface area contributed by atoms with Gasteiger partial charge in [-0.2, -0.15) is 0 Å². The molecule has 0 spiro atoms. The summed E-state index contributed by atoms with van der Waals surface area (Å²) >= 11 is 3.38. The first-order valence-corrected chi connectivity index (χ1v) is 7.07. The van der Waals surface area contributed by atoms with E-state index in [1.165, 1.54) is 7.11 Å². The lowest BCUT2D eigenvalue weighted by Gasteiger charge is -2.35. The van der Waals surface area contributed by atoms with Gasteiger partial charge in [0, 0.05) is 11.8 Å². The summed E-state index contributed by atoms with van der Waals surface area (Å²) in [5, 5.41) is 18.7. The summed E-state index contributed by atoms with van der Waals surface area (Å²) in [6.07, 6.45) is 1.40. The van der Waals surface area contributed by atoms with Crippen LogP contribution in [-0.2, 0) is 11.2 Å². The van der Waals surface area contributed by atoms with Crippen LogP contribution in [0.2, 0.25) is 0 Å². The lowest BCUT2D eigenvalue weighted by molar-refractivity contribution is -0.129. The van der Waals surface area contributed by atoms with Crippen LogP contribution >= 0.6 is 15.9 Å². The van der Waals surface area contributed by atoms with Crippen molar-refractivity contribution in [2.75, 3.05) is 12.0 Å². The highest BCUT2D eigenvalue weighted by Crippen LogP contribution is 2.43. The second kappa shape index (κ2) is 4.66. The lowest BCUT2D eigenvalue weighted by Crippen LogP contribution is -2.43. The van der Waals surface area contributed by atoms with Crippen LogP contribution in [0.4, 0.5) is 5.69 Å². The number of phenols is 1. The van der Waals surface area contributed by atoms with E-state index in [0.717, 1.165) is 17.7 Å². The van der Waals surface area contributed by atoms with Crippen molar-refractivity contribution in [2.24, 2.45) is 4.99 Å². The van der Waals surface area contributed by atoms with E-state index in [1.807, 2.05) is 4.90 Å². The van der Waals surface area contributed by atoms with Crippen molar-refractivity contribution in [3.8, 4) is 11.5 Å². The van der Waals surface area contributed by atoms with Crippen molar-refractivity contribution in [1.82, 2.24) is 0 Å². The van der Waals surface area contributed by atoms with Gasteiger partial charge in [-0.15, -0.1) is 0 Å². The van der Waals surface area contributed by atoms with E-state index in [4.69, 9.17) is 4.74 Å². The molecule has 2 aliphatic rings. The number of benzene rings is 1. The van der Waals surface area contributed by atoms with Gasteiger partial charge in [-0.1, -0.05) is 0 Å². The summed E-state index contributed by atoms with van der Waals surface area (Å²) in [4.78, 5) is 17.3. The molecule has 2 aliphatic heterocycles. The molecule has 0 saturated carbocycles. The molecule has 0 aliphatic carbocycles. The van der Waals surface area contributed by atoms with Crippen molar-refractivity contribution < 1.29 is 19.7 Å². The molecule has 106 valence electrons. The number of nitrogens with zero attached hydrogens (tertiary/aromatic N) is 2. The van der Waals surface area contributed by atoms with Gasteiger partial charge < -0.3 is 19.8 Å². The standard InChI is InChI=1S/C13H13BrN2O4/c1-20-10-4-6-2-3-7-11(12(18)19)15-13(14)16(7)8(6)5-9(10)17/h4-5,7,13,17H,2-3H2,1H3,(H,18,19). The average Bonchev–Trinajstić information content (AvgIpc) is 2.76. The second-order valence-electron chi connectivity index (χ2n) is 4.74. The van der Waals surface area contributed by atoms with E-state index in [1.54, 1.807) is 12.1 Å². The van der Waals surface area contributed by atoms with E-state index < -0.39 is 11.0 Å². The molecule has 0 aromatic heterocycles. The molecule has 20 heavy (non-hydrogen) atoms. The number of fused-ring (bicyclic) bond motifs is 3. The zero-order valence-corrected chi connectivity index (χ0v) is 12.3. The Morgan fingerprint density at radius 1 is 1.55 bits per heavy atom. The minimum absolute atomic E-state index is 0.0374. The fourth-order valence-corrected chi connectivity index (χ4v) is 3.52. The van der Waals surface area contributed by atoms with Crippen LogP contribution in [0.1, 0.15) is 12.0 Å². The molecule has 0 amide bonds. The van der Waals surface area contributed by atoms with Gasteiger partial charge in [0.1, 0.15) is 5.71 Å². The van der Waals surface area contributed by atoms with Crippen LogP contribution in [0.5, 0.6) is 11.5 Å². The number of aromatic hydroxyl groups is 1. The summed E-state index contributed by atoms with van der Waals surface area (Å²) < 4.78 is 5.11. The third-order valence-corrected chi connectivity index (χ3v) is 4.34. The molecule has 0 fully saturated rings.